The summed E-state index contributed by atoms with van der Waals surface area (Å²) in [6, 6.07) is 12.8. The predicted octanol–water partition coefficient (Wildman–Crippen LogP) is 4.19. The van der Waals surface area contributed by atoms with Gasteiger partial charge in [-0.1, -0.05) is 6.07 Å². The third-order valence-corrected chi connectivity index (χ3v) is 4.25. The lowest BCUT2D eigenvalue weighted by Gasteiger charge is -2.26. The lowest BCUT2D eigenvalue weighted by atomic mass is 10.0. The van der Waals surface area contributed by atoms with Crippen LogP contribution in [0.4, 0.5) is 11.4 Å². The molecule has 1 amide bonds. The predicted molar refractivity (Wildman–Crippen MR) is 108 cm³/mol. The molecule has 3 aromatic rings. The van der Waals surface area contributed by atoms with Crippen molar-refractivity contribution in [1.82, 2.24) is 4.98 Å². The Balaban J connectivity index is 1.75. The number of nitrogens with one attached hydrogen (secondary N) is 2. The molecule has 0 unspecified atom stereocenters. The van der Waals surface area contributed by atoms with E-state index < -0.39 is 5.54 Å². The fourth-order valence-corrected chi connectivity index (χ4v) is 2.73. The smallest absolute Gasteiger partial charge is 0.249 e. The lowest BCUT2D eigenvalue weighted by molar-refractivity contribution is -0.119. The summed E-state index contributed by atoms with van der Waals surface area (Å²) < 4.78 is 16.0. The molecule has 2 aromatic carbocycles. The van der Waals surface area contributed by atoms with Crippen LogP contribution in [0.2, 0.25) is 0 Å². The van der Waals surface area contributed by atoms with Crippen molar-refractivity contribution < 1.29 is 18.7 Å². The summed E-state index contributed by atoms with van der Waals surface area (Å²) in [6.45, 7) is 3.61. The summed E-state index contributed by atoms with van der Waals surface area (Å²) >= 11 is 0. The van der Waals surface area contributed by atoms with Gasteiger partial charge in [-0.15, -0.1) is 0 Å². The number of anilines is 2. The first-order chi connectivity index (χ1) is 13.4. The van der Waals surface area contributed by atoms with Crippen molar-refractivity contribution >= 4 is 17.3 Å². The van der Waals surface area contributed by atoms with E-state index in [1.807, 2.05) is 44.2 Å². The number of amides is 1. The Kier molecular flexibility index (Phi) is 5.54. The molecule has 0 spiro atoms. The molecule has 0 saturated carbocycles. The molecule has 0 radical (unpaired) electrons. The van der Waals surface area contributed by atoms with E-state index in [2.05, 4.69) is 15.6 Å². The first-order valence-corrected chi connectivity index (χ1v) is 8.73. The van der Waals surface area contributed by atoms with E-state index in [4.69, 9.17) is 13.9 Å². The van der Waals surface area contributed by atoms with Crippen LogP contribution in [0, 0.1) is 0 Å². The molecule has 0 aliphatic rings. The number of aromatic nitrogens is 1. The zero-order valence-electron chi connectivity index (χ0n) is 16.3. The summed E-state index contributed by atoms with van der Waals surface area (Å²) in [5, 5.41) is 6.15. The monoisotopic (exact) mass is 381 g/mol. The van der Waals surface area contributed by atoms with Crippen LogP contribution in [0.3, 0.4) is 0 Å². The first kappa shape index (κ1) is 19.3. The van der Waals surface area contributed by atoms with E-state index in [1.54, 1.807) is 32.5 Å². The molecule has 0 bridgehead atoms. The SMILES string of the molecule is COc1cccc(NC(C)(C)C(=O)Nc2ccc(-c3cnco3)c(OC)c2)c1. The van der Waals surface area contributed by atoms with Crippen LogP contribution in [-0.2, 0) is 4.79 Å². The standard InChI is InChI=1S/C21H23N3O4/c1-21(2,24-15-6-5-7-16(10-15)26-3)20(25)23-14-8-9-17(18(11-14)27-4)19-12-22-13-28-19/h5-13,24H,1-4H3,(H,23,25). The van der Waals surface area contributed by atoms with Gasteiger partial charge in [0, 0.05) is 23.5 Å². The summed E-state index contributed by atoms with van der Waals surface area (Å²) in [5.74, 6) is 1.70. The number of carbonyl (C=O) groups excluding carboxylic acids is 1. The van der Waals surface area contributed by atoms with Gasteiger partial charge in [-0.25, -0.2) is 4.98 Å². The van der Waals surface area contributed by atoms with Gasteiger partial charge in [0.25, 0.3) is 0 Å². The van der Waals surface area contributed by atoms with Gasteiger partial charge in [0.15, 0.2) is 12.2 Å². The third-order valence-electron chi connectivity index (χ3n) is 4.25. The molecule has 146 valence electrons. The maximum Gasteiger partial charge on any atom is 0.249 e. The van der Waals surface area contributed by atoms with Crippen molar-refractivity contribution in [3.63, 3.8) is 0 Å². The van der Waals surface area contributed by atoms with Crippen LogP contribution in [0.5, 0.6) is 11.5 Å². The molecule has 0 atom stereocenters. The zero-order valence-corrected chi connectivity index (χ0v) is 16.3. The number of oxazole rings is 1. The van der Waals surface area contributed by atoms with Gasteiger partial charge in [-0.2, -0.15) is 0 Å². The van der Waals surface area contributed by atoms with Gasteiger partial charge in [-0.05, 0) is 38.1 Å². The van der Waals surface area contributed by atoms with E-state index in [1.165, 1.54) is 6.39 Å². The second-order valence-electron chi connectivity index (χ2n) is 6.72. The number of hydrogen-bond acceptors (Lipinski definition) is 6. The summed E-state index contributed by atoms with van der Waals surface area (Å²) in [4.78, 5) is 16.8. The summed E-state index contributed by atoms with van der Waals surface area (Å²) in [6.07, 6.45) is 2.97. The van der Waals surface area contributed by atoms with Gasteiger partial charge in [0.05, 0.1) is 26.0 Å². The molecule has 1 heterocycles. The van der Waals surface area contributed by atoms with E-state index in [0.29, 0.717) is 22.9 Å². The van der Waals surface area contributed by atoms with Crippen molar-refractivity contribution in [1.29, 1.82) is 0 Å². The van der Waals surface area contributed by atoms with Crippen molar-refractivity contribution in [2.75, 3.05) is 24.9 Å². The number of carbonyl (C=O) groups is 1. The lowest BCUT2D eigenvalue weighted by Crippen LogP contribution is -2.44. The molecule has 0 aliphatic carbocycles. The highest BCUT2D eigenvalue weighted by Gasteiger charge is 2.28. The van der Waals surface area contributed by atoms with Crippen molar-refractivity contribution in [3.05, 3.63) is 55.1 Å². The first-order valence-electron chi connectivity index (χ1n) is 8.73. The molecular weight excluding hydrogens is 358 g/mol. The molecule has 7 heteroatoms. The Morgan fingerprint density at radius 3 is 2.57 bits per heavy atom. The second-order valence-corrected chi connectivity index (χ2v) is 6.72. The molecule has 0 fully saturated rings. The molecule has 0 aliphatic heterocycles. The molecule has 7 nitrogen and oxygen atoms in total. The van der Waals surface area contributed by atoms with Gasteiger partial charge in [0.1, 0.15) is 17.0 Å². The average molecular weight is 381 g/mol. The highest BCUT2D eigenvalue weighted by atomic mass is 16.5. The largest absolute Gasteiger partial charge is 0.497 e. The van der Waals surface area contributed by atoms with Crippen LogP contribution in [-0.4, -0.2) is 30.6 Å². The second kappa shape index (κ2) is 8.04. The number of benzene rings is 2. The molecule has 1 aromatic heterocycles. The molecule has 0 saturated heterocycles. The fraction of sp³-hybridized carbons (Fsp3) is 0.238. The van der Waals surface area contributed by atoms with Crippen molar-refractivity contribution in [3.8, 4) is 22.8 Å². The van der Waals surface area contributed by atoms with Crippen LogP contribution in [0.15, 0.2) is 59.5 Å². The van der Waals surface area contributed by atoms with Crippen molar-refractivity contribution in [2.45, 2.75) is 19.4 Å². The van der Waals surface area contributed by atoms with Gasteiger partial charge in [-0.3, -0.25) is 4.79 Å². The minimum absolute atomic E-state index is 0.190. The number of nitrogens with zero attached hydrogens (tertiary/aromatic N) is 1. The minimum Gasteiger partial charge on any atom is -0.497 e. The number of rotatable bonds is 7. The molecule has 2 N–H and O–H groups in total. The fourth-order valence-electron chi connectivity index (χ4n) is 2.73. The highest BCUT2D eigenvalue weighted by Crippen LogP contribution is 2.32. The van der Waals surface area contributed by atoms with E-state index in [-0.39, 0.29) is 5.91 Å². The van der Waals surface area contributed by atoms with Crippen LogP contribution >= 0.6 is 0 Å². The van der Waals surface area contributed by atoms with E-state index >= 15 is 0 Å². The summed E-state index contributed by atoms with van der Waals surface area (Å²) in [5.41, 5.74) is 1.30. The molecule has 3 rings (SSSR count). The summed E-state index contributed by atoms with van der Waals surface area (Å²) in [7, 11) is 3.17. The Bertz CT molecular complexity index is 952. The van der Waals surface area contributed by atoms with Gasteiger partial charge < -0.3 is 24.5 Å². The maximum absolute atomic E-state index is 12.8. The van der Waals surface area contributed by atoms with E-state index in [0.717, 1.165) is 11.3 Å². The molecule has 28 heavy (non-hydrogen) atoms. The Hall–Kier alpha value is -3.48. The average Bonchev–Trinajstić information content (AvgIpc) is 3.22. The topological polar surface area (TPSA) is 85.6 Å². The molecular formula is C21H23N3O4. The highest BCUT2D eigenvalue weighted by molar-refractivity contribution is 5.99. The zero-order chi connectivity index (χ0) is 20.1. The van der Waals surface area contributed by atoms with Crippen molar-refractivity contribution in [2.24, 2.45) is 0 Å². The Morgan fingerprint density at radius 2 is 1.89 bits per heavy atom. The number of ether oxygens (including phenoxy) is 2. The third kappa shape index (κ3) is 4.25. The van der Waals surface area contributed by atoms with E-state index in [9.17, 15) is 4.79 Å². The minimum atomic E-state index is -0.858. The van der Waals surface area contributed by atoms with Crippen LogP contribution in [0.25, 0.3) is 11.3 Å². The van der Waals surface area contributed by atoms with Crippen LogP contribution in [0.1, 0.15) is 13.8 Å². The normalized spacial score (nSPS) is 11.0. The van der Waals surface area contributed by atoms with Gasteiger partial charge in [0.2, 0.25) is 5.91 Å². The Labute approximate surface area is 163 Å². The van der Waals surface area contributed by atoms with Gasteiger partial charge >= 0.3 is 0 Å². The Morgan fingerprint density at radius 1 is 1.07 bits per heavy atom. The van der Waals surface area contributed by atoms with Crippen LogP contribution < -0.4 is 20.1 Å². The quantitative estimate of drug-likeness (QED) is 0.638. The number of hydrogen-bond donors (Lipinski definition) is 2. The maximum atomic E-state index is 12.8. The number of methoxy groups -OCH3 is 2.